The highest BCUT2D eigenvalue weighted by Gasteiger charge is 2.44. The molecule has 1 heterocycles. The standard InChI is InChI=1S/C36H62Br2N2O8Si3/c1-18-26(29(47-50(14,15)35(3,4)5)22-30(34(43)45-10)48-51(16,17)36(6,7)8)23-39(25(2)33(42)44-9)32(41)28-21-27(37)31(38)40(28)24-46-19-20-49(11,12)13/h18,21-22,26,29H,1-2,19-20,23-24H2,3-17H3/b30-22+/t26-,29+/m1/s1. The summed E-state index contributed by atoms with van der Waals surface area (Å²) in [7, 11) is -3.86. The minimum Gasteiger partial charge on any atom is -0.539 e. The SMILES string of the molecule is C=C[C@H](CN(C(=C)C(=O)OC)C(=O)c1cc(Br)c(Br)n1COCC[Si](C)(C)C)[C@H](/C=C(/O[Si](C)(C)C(C)(C)C)C(=O)OC)O[Si](C)(C)C(C)(C)C. The molecule has 290 valence electrons. The van der Waals surface area contributed by atoms with Gasteiger partial charge in [0.15, 0.2) is 14.1 Å². The van der Waals surface area contributed by atoms with Gasteiger partial charge in [-0.25, -0.2) is 9.59 Å². The van der Waals surface area contributed by atoms with Gasteiger partial charge in [-0.1, -0.05) is 73.8 Å². The molecule has 2 atom stereocenters. The van der Waals surface area contributed by atoms with Crippen LogP contribution < -0.4 is 0 Å². The number of carbonyl (C=O) groups is 3. The van der Waals surface area contributed by atoms with E-state index in [1.165, 1.54) is 19.1 Å². The molecule has 0 aliphatic rings. The molecule has 0 aliphatic heterocycles. The molecule has 0 aromatic carbocycles. The predicted molar refractivity (Wildman–Crippen MR) is 220 cm³/mol. The lowest BCUT2D eigenvalue weighted by Gasteiger charge is -2.41. The fourth-order valence-corrected chi connectivity index (χ4v) is 8.00. The Labute approximate surface area is 326 Å². The highest BCUT2D eigenvalue weighted by Crippen LogP contribution is 2.41. The van der Waals surface area contributed by atoms with Crippen LogP contribution in [-0.4, -0.2) is 85.5 Å². The third-order valence-corrected chi connectivity index (χ3v) is 22.2. The zero-order valence-corrected chi connectivity index (χ0v) is 39.7. The highest BCUT2D eigenvalue weighted by atomic mass is 79.9. The molecule has 51 heavy (non-hydrogen) atoms. The number of hydrogen-bond donors (Lipinski definition) is 0. The van der Waals surface area contributed by atoms with Crippen molar-refractivity contribution in [2.75, 3.05) is 27.4 Å². The van der Waals surface area contributed by atoms with Gasteiger partial charge < -0.3 is 32.5 Å². The van der Waals surface area contributed by atoms with Crippen LogP contribution in [0, 0.1) is 5.92 Å². The Hall–Kier alpha value is -1.76. The van der Waals surface area contributed by atoms with E-state index in [-0.39, 0.29) is 40.5 Å². The minimum absolute atomic E-state index is 0.0292. The molecule has 0 spiro atoms. The quantitative estimate of drug-likeness (QED) is 0.0359. The molecule has 1 aromatic rings. The smallest absolute Gasteiger partial charge is 0.371 e. The number of esters is 2. The summed E-state index contributed by atoms with van der Waals surface area (Å²) < 4.78 is 32.7. The number of hydrogen-bond acceptors (Lipinski definition) is 8. The molecular formula is C36H62Br2N2O8Si3. The lowest BCUT2D eigenvalue weighted by Crippen LogP contribution is -2.48. The zero-order valence-electron chi connectivity index (χ0n) is 33.5. The van der Waals surface area contributed by atoms with Crippen molar-refractivity contribution in [3.05, 3.63) is 57.6 Å². The highest BCUT2D eigenvalue weighted by molar-refractivity contribution is 9.13. The lowest BCUT2D eigenvalue weighted by molar-refractivity contribution is -0.139. The second-order valence-corrected chi connectivity index (χ2v) is 33.6. The van der Waals surface area contributed by atoms with Gasteiger partial charge >= 0.3 is 11.9 Å². The maximum Gasteiger partial charge on any atom is 0.371 e. The molecule has 0 radical (unpaired) electrons. The van der Waals surface area contributed by atoms with Crippen LogP contribution in [0.2, 0.25) is 61.9 Å². The van der Waals surface area contributed by atoms with Crippen LogP contribution in [0.25, 0.3) is 0 Å². The van der Waals surface area contributed by atoms with Gasteiger partial charge in [-0.3, -0.25) is 4.79 Å². The fourth-order valence-electron chi connectivity index (χ4n) is 4.12. The molecule has 10 nitrogen and oxygen atoms in total. The first kappa shape index (κ1) is 47.3. The Bertz CT molecular complexity index is 1450. The van der Waals surface area contributed by atoms with Crippen molar-refractivity contribution in [1.29, 1.82) is 0 Å². The van der Waals surface area contributed by atoms with E-state index in [1.54, 1.807) is 22.8 Å². The second-order valence-electron chi connectivity index (χ2n) is 16.9. The molecule has 0 saturated heterocycles. The Morgan fingerprint density at radius 1 is 0.922 bits per heavy atom. The van der Waals surface area contributed by atoms with E-state index < -0.39 is 54.6 Å². The lowest BCUT2D eigenvalue weighted by atomic mass is 10.00. The van der Waals surface area contributed by atoms with Gasteiger partial charge in [-0.15, -0.1) is 6.58 Å². The fraction of sp³-hybridized carbons (Fsp3) is 0.639. The number of aromatic nitrogens is 1. The summed E-state index contributed by atoms with van der Waals surface area (Å²) >= 11 is 7.11. The van der Waals surface area contributed by atoms with Crippen molar-refractivity contribution in [2.24, 2.45) is 5.92 Å². The number of carbonyl (C=O) groups excluding carboxylic acids is 3. The monoisotopic (exact) mass is 892 g/mol. The van der Waals surface area contributed by atoms with Crippen LogP contribution in [0.4, 0.5) is 0 Å². The first-order chi connectivity index (χ1) is 23.0. The molecule has 1 rings (SSSR count). The van der Waals surface area contributed by atoms with Crippen molar-refractivity contribution in [2.45, 2.75) is 116 Å². The normalized spacial score (nSPS) is 14.4. The maximum atomic E-state index is 14.5. The van der Waals surface area contributed by atoms with E-state index in [4.69, 9.17) is 23.1 Å². The molecule has 1 amide bonds. The summed E-state index contributed by atoms with van der Waals surface area (Å²) in [5.74, 6) is -2.54. The summed E-state index contributed by atoms with van der Waals surface area (Å²) in [6, 6.07) is 2.62. The second kappa shape index (κ2) is 18.5. The number of halogens is 2. The maximum absolute atomic E-state index is 14.5. The van der Waals surface area contributed by atoms with Gasteiger partial charge in [0.05, 0.1) is 24.8 Å². The Kier molecular flexibility index (Phi) is 17.2. The third-order valence-electron chi connectivity index (χ3n) is 9.64. The van der Waals surface area contributed by atoms with Crippen molar-refractivity contribution < 1.29 is 37.4 Å². The van der Waals surface area contributed by atoms with E-state index >= 15 is 0 Å². The van der Waals surface area contributed by atoms with Crippen molar-refractivity contribution >= 4 is 74.4 Å². The minimum atomic E-state index is -2.53. The summed E-state index contributed by atoms with van der Waals surface area (Å²) in [6.07, 6.45) is 2.49. The average Bonchev–Trinajstić information content (AvgIpc) is 3.28. The Morgan fingerprint density at radius 2 is 1.45 bits per heavy atom. The summed E-state index contributed by atoms with van der Waals surface area (Å²) in [4.78, 5) is 42.1. The van der Waals surface area contributed by atoms with Gasteiger partial charge in [0.25, 0.3) is 14.2 Å². The van der Waals surface area contributed by atoms with Gasteiger partial charge in [-0.05, 0) is 86.3 Å². The van der Waals surface area contributed by atoms with Gasteiger partial charge in [0.2, 0.25) is 0 Å². The molecule has 0 unspecified atom stereocenters. The van der Waals surface area contributed by atoms with E-state index in [0.717, 1.165) is 6.04 Å². The predicted octanol–water partition coefficient (Wildman–Crippen LogP) is 9.73. The van der Waals surface area contributed by atoms with E-state index in [0.29, 0.717) is 15.7 Å². The number of amides is 1. The molecule has 1 aromatic heterocycles. The van der Waals surface area contributed by atoms with Crippen LogP contribution in [0.3, 0.4) is 0 Å². The number of ether oxygens (including phenoxy) is 3. The summed E-state index contributed by atoms with van der Waals surface area (Å²) in [5, 5.41) is -0.429. The van der Waals surface area contributed by atoms with Crippen molar-refractivity contribution in [3.8, 4) is 0 Å². The average molecular weight is 895 g/mol. The number of methoxy groups -OCH3 is 2. The molecule has 0 bridgehead atoms. The largest absolute Gasteiger partial charge is 0.539 e. The van der Waals surface area contributed by atoms with Crippen LogP contribution in [0.15, 0.2) is 51.9 Å². The molecule has 15 heteroatoms. The van der Waals surface area contributed by atoms with Crippen LogP contribution in [0.5, 0.6) is 0 Å². The van der Waals surface area contributed by atoms with Crippen molar-refractivity contribution in [1.82, 2.24) is 9.47 Å². The topological polar surface area (TPSA) is 106 Å². The van der Waals surface area contributed by atoms with E-state index in [1.807, 2.05) is 13.1 Å². The molecule has 0 N–H and O–H groups in total. The molecule has 0 fully saturated rings. The third kappa shape index (κ3) is 13.2. The first-order valence-corrected chi connectivity index (χ1v) is 28.2. The van der Waals surface area contributed by atoms with Gasteiger partial charge in [-0.2, -0.15) is 0 Å². The Balaban J connectivity index is 3.90. The Morgan fingerprint density at radius 3 is 1.90 bits per heavy atom. The summed E-state index contributed by atoms with van der Waals surface area (Å²) in [5.41, 5.74) is 0.0818. The van der Waals surface area contributed by atoms with Crippen molar-refractivity contribution in [3.63, 3.8) is 0 Å². The molecular weight excluding hydrogens is 832 g/mol. The van der Waals surface area contributed by atoms with Crippen LogP contribution >= 0.6 is 31.9 Å². The van der Waals surface area contributed by atoms with Gasteiger partial charge in [0.1, 0.15) is 22.7 Å². The van der Waals surface area contributed by atoms with E-state index in [9.17, 15) is 14.4 Å². The van der Waals surface area contributed by atoms with Crippen LogP contribution in [-0.2, 0) is 39.4 Å². The van der Waals surface area contributed by atoms with Crippen LogP contribution in [0.1, 0.15) is 52.0 Å². The number of nitrogens with zero attached hydrogens (tertiary/aromatic N) is 2. The summed E-state index contributed by atoms with van der Waals surface area (Å²) in [6.45, 7) is 36.3. The number of rotatable bonds is 18. The zero-order chi connectivity index (χ0) is 39.9. The van der Waals surface area contributed by atoms with E-state index in [2.05, 4.69) is 119 Å². The van der Waals surface area contributed by atoms with Gasteiger partial charge in [0, 0.05) is 27.1 Å². The molecule has 0 aliphatic carbocycles. The first-order valence-electron chi connectivity index (χ1n) is 17.1. The molecule has 0 saturated carbocycles.